The lowest BCUT2D eigenvalue weighted by molar-refractivity contribution is 0.445. The van der Waals surface area contributed by atoms with E-state index < -0.39 is 0 Å². The van der Waals surface area contributed by atoms with E-state index in [1.54, 1.807) is 5.57 Å². The molecule has 1 aliphatic rings. The highest BCUT2D eigenvalue weighted by Gasteiger charge is 2.14. The van der Waals surface area contributed by atoms with E-state index in [-0.39, 0.29) is 0 Å². The Hall–Kier alpha value is -0.560. The standard InChI is InChI=1S/C15H19Br/c1-2-3-12-4-6-13(7-5-12)14-8-10-15(16)11-9-14/h6,8-12H,2-5,7H2,1H3. The van der Waals surface area contributed by atoms with Crippen LogP contribution in [-0.2, 0) is 0 Å². The summed E-state index contributed by atoms with van der Waals surface area (Å²) >= 11 is 3.48. The van der Waals surface area contributed by atoms with Crippen LogP contribution in [-0.4, -0.2) is 0 Å². The van der Waals surface area contributed by atoms with Crippen molar-refractivity contribution >= 4 is 21.5 Å². The minimum absolute atomic E-state index is 0.934. The van der Waals surface area contributed by atoms with Gasteiger partial charge in [0.05, 0.1) is 0 Å². The number of hydrogen-bond acceptors (Lipinski definition) is 0. The summed E-state index contributed by atoms with van der Waals surface area (Å²) in [5.41, 5.74) is 2.94. The lowest BCUT2D eigenvalue weighted by Gasteiger charge is -2.21. The maximum Gasteiger partial charge on any atom is 0.0175 e. The van der Waals surface area contributed by atoms with E-state index in [1.807, 2.05) is 0 Å². The van der Waals surface area contributed by atoms with Crippen molar-refractivity contribution in [3.05, 3.63) is 40.4 Å². The van der Waals surface area contributed by atoms with E-state index >= 15 is 0 Å². The summed E-state index contributed by atoms with van der Waals surface area (Å²) < 4.78 is 1.16. The topological polar surface area (TPSA) is 0 Å². The first kappa shape index (κ1) is 11.9. The van der Waals surface area contributed by atoms with Crippen molar-refractivity contribution in [2.24, 2.45) is 5.92 Å². The Balaban J connectivity index is 2.04. The molecule has 1 heteroatoms. The molecule has 1 atom stereocenters. The van der Waals surface area contributed by atoms with Crippen LogP contribution in [0, 0.1) is 5.92 Å². The van der Waals surface area contributed by atoms with Gasteiger partial charge in [0, 0.05) is 4.47 Å². The molecule has 0 amide bonds. The van der Waals surface area contributed by atoms with Gasteiger partial charge in [0.2, 0.25) is 0 Å². The number of hydrogen-bond donors (Lipinski definition) is 0. The molecule has 1 aromatic rings. The maximum atomic E-state index is 3.48. The van der Waals surface area contributed by atoms with Gasteiger partial charge in [-0.3, -0.25) is 0 Å². The van der Waals surface area contributed by atoms with Crippen molar-refractivity contribution in [2.45, 2.75) is 39.0 Å². The first-order valence-corrected chi connectivity index (χ1v) is 7.04. The Labute approximate surface area is 107 Å². The van der Waals surface area contributed by atoms with Crippen molar-refractivity contribution < 1.29 is 0 Å². The van der Waals surface area contributed by atoms with Gasteiger partial charge in [-0.25, -0.2) is 0 Å². The fraction of sp³-hybridized carbons (Fsp3) is 0.467. The molecule has 0 aliphatic heterocycles. The van der Waals surface area contributed by atoms with Crippen molar-refractivity contribution in [1.82, 2.24) is 0 Å². The second-order valence-electron chi connectivity index (χ2n) is 4.67. The molecule has 0 fully saturated rings. The lowest BCUT2D eigenvalue weighted by Crippen LogP contribution is -2.04. The Bertz CT molecular complexity index is 362. The van der Waals surface area contributed by atoms with Gasteiger partial charge in [-0.05, 0) is 48.4 Å². The van der Waals surface area contributed by atoms with Gasteiger partial charge in [0.1, 0.15) is 0 Å². The van der Waals surface area contributed by atoms with Gasteiger partial charge in [0.25, 0.3) is 0 Å². The SMILES string of the molecule is CCCC1CC=C(c2ccc(Br)cc2)CC1. The molecule has 0 nitrogen and oxygen atoms in total. The van der Waals surface area contributed by atoms with Gasteiger partial charge < -0.3 is 0 Å². The van der Waals surface area contributed by atoms with Crippen LogP contribution < -0.4 is 0 Å². The zero-order chi connectivity index (χ0) is 11.4. The highest BCUT2D eigenvalue weighted by atomic mass is 79.9. The summed E-state index contributed by atoms with van der Waals surface area (Å²) in [5, 5.41) is 0. The molecule has 0 radical (unpaired) electrons. The molecule has 2 rings (SSSR count). The molecule has 1 aromatic carbocycles. The van der Waals surface area contributed by atoms with Crippen LogP contribution in [0.2, 0.25) is 0 Å². The summed E-state index contributed by atoms with van der Waals surface area (Å²) in [7, 11) is 0. The highest BCUT2D eigenvalue weighted by molar-refractivity contribution is 9.10. The second-order valence-corrected chi connectivity index (χ2v) is 5.58. The molecule has 0 heterocycles. The Morgan fingerprint density at radius 1 is 1.25 bits per heavy atom. The average molecular weight is 279 g/mol. The van der Waals surface area contributed by atoms with Gasteiger partial charge in [0.15, 0.2) is 0 Å². The summed E-state index contributed by atoms with van der Waals surface area (Å²) in [6, 6.07) is 8.70. The Morgan fingerprint density at radius 3 is 2.56 bits per heavy atom. The van der Waals surface area contributed by atoms with Gasteiger partial charge in [-0.1, -0.05) is 53.9 Å². The van der Waals surface area contributed by atoms with Crippen molar-refractivity contribution in [3.63, 3.8) is 0 Å². The van der Waals surface area contributed by atoms with E-state index in [0.717, 1.165) is 10.4 Å². The second kappa shape index (κ2) is 5.67. The molecule has 16 heavy (non-hydrogen) atoms. The minimum Gasteiger partial charge on any atom is -0.0804 e. The first-order chi connectivity index (χ1) is 7.79. The van der Waals surface area contributed by atoms with Crippen LogP contribution >= 0.6 is 15.9 Å². The molecule has 86 valence electrons. The third kappa shape index (κ3) is 2.98. The molecule has 0 N–H and O–H groups in total. The molecule has 0 spiro atoms. The summed E-state index contributed by atoms with van der Waals surface area (Å²) in [6.07, 6.45) is 9.07. The number of benzene rings is 1. The van der Waals surface area contributed by atoms with E-state index in [2.05, 4.69) is 53.2 Å². The van der Waals surface area contributed by atoms with Crippen LogP contribution in [0.5, 0.6) is 0 Å². The fourth-order valence-electron chi connectivity index (χ4n) is 2.49. The van der Waals surface area contributed by atoms with Crippen LogP contribution in [0.15, 0.2) is 34.8 Å². The van der Waals surface area contributed by atoms with Crippen molar-refractivity contribution in [1.29, 1.82) is 0 Å². The molecule has 0 saturated carbocycles. The molecule has 0 bridgehead atoms. The third-order valence-electron chi connectivity index (χ3n) is 3.43. The lowest BCUT2D eigenvalue weighted by atomic mass is 9.84. The maximum absolute atomic E-state index is 3.48. The van der Waals surface area contributed by atoms with Gasteiger partial charge in [-0.15, -0.1) is 0 Å². The van der Waals surface area contributed by atoms with Gasteiger partial charge >= 0.3 is 0 Å². The molecule has 1 aliphatic carbocycles. The normalized spacial score (nSPS) is 20.6. The van der Waals surface area contributed by atoms with Crippen molar-refractivity contribution in [3.8, 4) is 0 Å². The molecular formula is C15H19Br. The van der Waals surface area contributed by atoms with Crippen LogP contribution in [0.4, 0.5) is 0 Å². The Kier molecular flexibility index (Phi) is 4.22. The average Bonchev–Trinajstić information content (AvgIpc) is 2.32. The number of halogens is 1. The predicted octanol–water partition coefficient (Wildman–Crippen LogP) is 5.43. The molecular weight excluding hydrogens is 260 g/mol. The fourth-order valence-corrected chi connectivity index (χ4v) is 2.75. The van der Waals surface area contributed by atoms with Crippen LogP contribution in [0.3, 0.4) is 0 Å². The smallest absolute Gasteiger partial charge is 0.0175 e. The predicted molar refractivity (Wildman–Crippen MR) is 74.4 cm³/mol. The zero-order valence-corrected chi connectivity index (χ0v) is 11.5. The number of allylic oxidation sites excluding steroid dienone is 2. The van der Waals surface area contributed by atoms with Crippen molar-refractivity contribution in [2.75, 3.05) is 0 Å². The first-order valence-electron chi connectivity index (χ1n) is 6.24. The Morgan fingerprint density at radius 2 is 2.00 bits per heavy atom. The number of rotatable bonds is 3. The minimum atomic E-state index is 0.934. The quantitative estimate of drug-likeness (QED) is 0.691. The molecule has 1 unspecified atom stereocenters. The highest BCUT2D eigenvalue weighted by Crippen LogP contribution is 2.32. The zero-order valence-electron chi connectivity index (χ0n) is 9.88. The van der Waals surface area contributed by atoms with Crippen LogP contribution in [0.25, 0.3) is 5.57 Å². The molecule has 0 saturated heterocycles. The summed E-state index contributed by atoms with van der Waals surface area (Å²) in [6.45, 7) is 2.29. The summed E-state index contributed by atoms with van der Waals surface area (Å²) in [5.74, 6) is 0.934. The largest absolute Gasteiger partial charge is 0.0804 e. The van der Waals surface area contributed by atoms with Gasteiger partial charge in [-0.2, -0.15) is 0 Å². The summed E-state index contributed by atoms with van der Waals surface area (Å²) in [4.78, 5) is 0. The third-order valence-corrected chi connectivity index (χ3v) is 3.96. The monoisotopic (exact) mass is 278 g/mol. The molecule has 0 aromatic heterocycles. The van der Waals surface area contributed by atoms with E-state index in [9.17, 15) is 0 Å². The van der Waals surface area contributed by atoms with E-state index in [4.69, 9.17) is 0 Å². The van der Waals surface area contributed by atoms with Crippen LogP contribution in [0.1, 0.15) is 44.6 Å². The van der Waals surface area contributed by atoms with E-state index in [0.29, 0.717) is 0 Å². The van der Waals surface area contributed by atoms with E-state index in [1.165, 1.54) is 37.7 Å².